The average molecular weight is 397 g/mol. The fraction of sp³-hybridized carbons (Fsp3) is 0.500. The number of carbonyl (C=O) groups is 1. The molecular weight excluding hydrogens is 373 g/mol. The Morgan fingerprint density at radius 3 is 2.67 bits per heavy atom. The van der Waals surface area contributed by atoms with Gasteiger partial charge in [0.05, 0.1) is 18.1 Å². The van der Waals surface area contributed by atoms with Crippen LogP contribution < -0.4 is 0 Å². The number of nitro groups is 1. The number of benzene rings is 1. The Labute approximate surface area is 157 Å². The third kappa shape index (κ3) is 5.11. The molecule has 0 spiro atoms. The van der Waals surface area contributed by atoms with Crippen molar-refractivity contribution in [2.75, 3.05) is 13.2 Å². The van der Waals surface area contributed by atoms with Crippen LogP contribution in [0.25, 0.3) is 0 Å². The van der Waals surface area contributed by atoms with Gasteiger partial charge in [-0.2, -0.15) is 0 Å². The lowest BCUT2D eigenvalue weighted by atomic mass is 9.83. The second-order valence-electron chi connectivity index (χ2n) is 7.66. The number of aliphatic hydroxyl groups excluding tert-OH is 1. The Morgan fingerprint density at radius 2 is 2.07 bits per heavy atom. The minimum Gasteiger partial charge on any atom is -0.396 e. The molecule has 9 heteroatoms. The largest absolute Gasteiger partial charge is 0.396 e. The van der Waals surface area contributed by atoms with Gasteiger partial charge in [-0.15, -0.1) is 0 Å². The number of carbonyl (C=O) groups excluding carboxylic acids is 1. The summed E-state index contributed by atoms with van der Waals surface area (Å²) in [6.45, 7) is 4.61. The van der Waals surface area contributed by atoms with Gasteiger partial charge >= 0.3 is 7.60 Å². The van der Waals surface area contributed by atoms with E-state index in [0.717, 1.165) is 5.57 Å². The molecule has 148 valence electrons. The van der Waals surface area contributed by atoms with Gasteiger partial charge in [-0.05, 0) is 25.0 Å². The molecule has 2 N–H and O–H groups in total. The Kier molecular flexibility index (Phi) is 6.37. The summed E-state index contributed by atoms with van der Waals surface area (Å²) < 4.78 is 18.1. The molecule has 0 aliphatic heterocycles. The van der Waals surface area contributed by atoms with Crippen molar-refractivity contribution in [3.63, 3.8) is 0 Å². The van der Waals surface area contributed by atoms with Gasteiger partial charge in [0.25, 0.3) is 5.69 Å². The van der Waals surface area contributed by atoms with E-state index in [0.29, 0.717) is 12.0 Å². The van der Waals surface area contributed by atoms with Gasteiger partial charge < -0.3 is 14.5 Å². The Morgan fingerprint density at radius 1 is 1.41 bits per heavy atom. The number of hydrogen-bond donors (Lipinski definition) is 2. The number of rotatable bonds is 7. The van der Waals surface area contributed by atoms with Crippen molar-refractivity contribution in [3.8, 4) is 0 Å². The van der Waals surface area contributed by atoms with Gasteiger partial charge in [-0.1, -0.05) is 31.6 Å². The van der Waals surface area contributed by atoms with Crippen LogP contribution in [0.4, 0.5) is 5.69 Å². The van der Waals surface area contributed by atoms with E-state index >= 15 is 0 Å². The van der Waals surface area contributed by atoms with Gasteiger partial charge in [0.2, 0.25) is 0 Å². The van der Waals surface area contributed by atoms with Crippen molar-refractivity contribution in [2.45, 2.75) is 38.8 Å². The molecule has 0 radical (unpaired) electrons. The minimum atomic E-state index is -4.40. The summed E-state index contributed by atoms with van der Waals surface area (Å²) in [5.41, 5.74) is -1.08. The van der Waals surface area contributed by atoms with Crippen LogP contribution >= 0.6 is 7.60 Å². The van der Waals surface area contributed by atoms with Crippen molar-refractivity contribution in [1.82, 2.24) is 0 Å². The minimum absolute atomic E-state index is 0.152. The monoisotopic (exact) mass is 397 g/mol. The molecular formula is C18H24NO7P. The second-order valence-corrected chi connectivity index (χ2v) is 9.60. The lowest BCUT2D eigenvalue weighted by Gasteiger charge is -2.33. The van der Waals surface area contributed by atoms with Crippen LogP contribution in [0, 0.1) is 15.5 Å². The first kappa shape index (κ1) is 21.4. The van der Waals surface area contributed by atoms with Crippen LogP contribution in [0.2, 0.25) is 0 Å². The number of hydrogen-bond acceptors (Lipinski definition) is 6. The topological polar surface area (TPSA) is 127 Å². The van der Waals surface area contributed by atoms with E-state index < -0.39 is 35.3 Å². The summed E-state index contributed by atoms with van der Waals surface area (Å²) in [5, 5.41) is 20.4. The van der Waals surface area contributed by atoms with Crippen LogP contribution in [0.3, 0.4) is 0 Å². The smallest absolute Gasteiger partial charge is 0.339 e. The molecule has 3 atom stereocenters. The average Bonchev–Trinajstić information content (AvgIpc) is 2.59. The predicted molar refractivity (Wildman–Crippen MR) is 99.7 cm³/mol. The lowest BCUT2D eigenvalue weighted by molar-refractivity contribution is -0.384. The molecule has 0 heterocycles. The highest BCUT2D eigenvalue weighted by molar-refractivity contribution is 7.54. The SMILES string of the molecule is CC1=CC(=O)C(P(=O)(O)OCC(C)(C)CO)C(c2cccc([N+](=O)[O-])c2)C1. The fourth-order valence-corrected chi connectivity index (χ4v) is 4.82. The van der Waals surface area contributed by atoms with Crippen LogP contribution in [0.1, 0.15) is 38.7 Å². The number of non-ortho nitro benzene ring substituents is 1. The van der Waals surface area contributed by atoms with Crippen LogP contribution in [-0.2, 0) is 13.9 Å². The van der Waals surface area contributed by atoms with Gasteiger partial charge in [0.1, 0.15) is 5.66 Å². The number of aliphatic hydroxyl groups is 1. The summed E-state index contributed by atoms with van der Waals surface area (Å²) in [7, 11) is -4.40. The summed E-state index contributed by atoms with van der Waals surface area (Å²) in [6, 6.07) is 5.74. The highest BCUT2D eigenvalue weighted by Gasteiger charge is 2.46. The first-order valence-corrected chi connectivity index (χ1v) is 10.1. The molecule has 0 saturated carbocycles. The Bertz CT molecular complexity index is 818. The second kappa shape index (κ2) is 8.02. The van der Waals surface area contributed by atoms with Crippen molar-refractivity contribution in [2.24, 2.45) is 5.41 Å². The lowest BCUT2D eigenvalue weighted by Crippen LogP contribution is -2.33. The van der Waals surface area contributed by atoms with E-state index in [4.69, 9.17) is 4.52 Å². The number of allylic oxidation sites excluding steroid dienone is 2. The predicted octanol–water partition coefficient (Wildman–Crippen LogP) is 3.19. The maximum atomic E-state index is 12.9. The van der Waals surface area contributed by atoms with Crippen LogP contribution in [-0.4, -0.2) is 39.6 Å². The molecule has 1 aromatic rings. The van der Waals surface area contributed by atoms with Crippen LogP contribution in [0.15, 0.2) is 35.9 Å². The standard InChI is InChI=1S/C18H24NO7P/c1-12-7-15(13-5-4-6-14(9-13)19(22)23)17(16(21)8-12)27(24,25)26-11-18(2,3)10-20/h4-6,8-9,15,17,20H,7,10-11H2,1-3H3,(H,24,25). The number of ketones is 1. The molecule has 0 fully saturated rings. The molecule has 3 unspecified atom stereocenters. The summed E-state index contributed by atoms with van der Waals surface area (Å²) in [4.78, 5) is 33.6. The fourth-order valence-electron chi connectivity index (χ4n) is 2.99. The molecule has 27 heavy (non-hydrogen) atoms. The number of nitro benzene ring substituents is 1. The third-order valence-electron chi connectivity index (χ3n) is 4.53. The van der Waals surface area contributed by atoms with Gasteiger partial charge in [0.15, 0.2) is 5.78 Å². The molecule has 2 rings (SSSR count). The maximum Gasteiger partial charge on any atom is 0.339 e. The zero-order chi connectivity index (χ0) is 20.4. The summed E-state index contributed by atoms with van der Waals surface area (Å²) in [5.74, 6) is -1.25. The zero-order valence-electron chi connectivity index (χ0n) is 15.5. The third-order valence-corrected chi connectivity index (χ3v) is 6.35. The first-order chi connectivity index (χ1) is 12.5. The van der Waals surface area contributed by atoms with E-state index in [2.05, 4.69) is 0 Å². The maximum absolute atomic E-state index is 12.9. The highest BCUT2D eigenvalue weighted by Crippen LogP contribution is 2.56. The molecule has 0 bridgehead atoms. The van der Waals surface area contributed by atoms with Crippen molar-refractivity contribution < 1.29 is 28.8 Å². The zero-order valence-corrected chi connectivity index (χ0v) is 16.4. The first-order valence-electron chi connectivity index (χ1n) is 8.50. The number of nitrogens with zero attached hydrogens (tertiary/aromatic N) is 1. The van der Waals surface area contributed by atoms with Gasteiger partial charge in [-0.25, -0.2) is 0 Å². The van der Waals surface area contributed by atoms with E-state index in [9.17, 15) is 29.5 Å². The van der Waals surface area contributed by atoms with Crippen molar-refractivity contribution >= 4 is 19.1 Å². The van der Waals surface area contributed by atoms with E-state index in [1.54, 1.807) is 26.8 Å². The van der Waals surface area contributed by atoms with E-state index in [-0.39, 0.29) is 18.9 Å². The quantitative estimate of drug-likeness (QED) is 0.411. The molecule has 0 saturated heterocycles. The van der Waals surface area contributed by atoms with Crippen LogP contribution in [0.5, 0.6) is 0 Å². The van der Waals surface area contributed by atoms with Crippen molar-refractivity contribution in [3.05, 3.63) is 51.6 Å². The molecule has 1 aliphatic carbocycles. The summed E-state index contributed by atoms with van der Waals surface area (Å²) >= 11 is 0. The molecule has 1 aromatic carbocycles. The van der Waals surface area contributed by atoms with Crippen molar-refractivity contribution in [1.29, 1.82) is 0 Å². The van der Waals surface area contributed by atoms with E-state index in [1.807, 2.05) is 0 Å². The molecule has 8 nitrogen and oxygen atoms in total. The Balaban J connectivity index is 2.41. The molecule has 0 amide bonds. The molecule has 0 aromatic heterocycles. The normalized spacial score (nSPS) is 22.9. The summed E-state index contributed by atoms with van der Waals surface area (Å²) in [6.07, 6.45) is 1.64. The highest BCUT2D eigenvalue weighted by atomic mass is 31.2. The van der Waals surface area contributed by atoms with Gasteiger partial charge in [-0.3, -0.25) is 19.5 Å². The Hall–Kier alpha value is -1.86. The molecule has 1 aliphatic rings. The van der Waals surface area contributed by atoms with Gasteiger partial charge in [0, 0.05) is 23.5 Å². The van der Waals surface area contributed by atoms with E-state index in [1.165, 1.54) is 24.3 Å².